The molecule has 1 unspecified atom stereocenters. The predicted molar refractivity (Wildman–Crippen MR) is 41.3 cm³/mol. The van der Waals surface area contributed by atoms with Gasteiger partial charge in [-0.2, -0.15) is 0 Å². The van der Waals surface area contributed by atoms with E-state index in [1.165, 1.54) is 12.3 Å². The van der Waals surface area contributed by atoms with E-state index in [9.17, 15) is 4.79 Å². The van der Waals surface area contributed by atoms with Crippen molar-refractivity contribution in [3.05, 3.63) is 23.8 Å². The minimum Gasteiger partial charge on any atom is -0.480 e. The molecule has 5 heteroatoms. The third-order valence-corrected chi connectivity index (χ3v) is 1.38. The van der Waals surface area contributed by atoms with E-state index < -0.39 is 12.0 Å². The number of carboxylic acids is 1. The lowest BCUT2D eigenvalue weighted by Crippen LogP contribution is -2.22. The number of aliphatic carboxylic acids is 1. The fourth-order valence-electron chi connectivity index (χ4n) is 0.774. The summed E-state index contributed by atoms with van der Waals surface area (Å²) in [4.78, 5) is 18.1. The molecule has 5 nitrogen and oxygen atoms in total. The van der Waals surface area contributed by atoms with Crippen molar-refractivity contribution in [3.63, 3.8) is 0 Å². The van der Waals surface area contributed by atoms with Crippen LogP contribution in [-0.2, 0) is 4.79 Å². The second-order valence-electron chi connectivity index (χ2n) is 2.34. The Hall–Kier alpha value is -1.49. The molecule has 0 saturated heterocycles. The van der Waals surface area contributed by atoms with Gasteiger partial charge in [0.05, 0.1) is 5.69 Å². The maximum Gasteiger partial charge on any atom is 0.326 e. The Morgan fingerprint density at radius 3 is 2.92 bits per heavy atom. The summed E-state index contributed by atoms with van der Waals surface area (Å²) >= 11 is 0. The topological polar surface area (TPSA) is 89.1 Å². The molecule has 3 N–H and O–H groups in total. The smallest absolute Gasteiger partial charge is 0.326 e. The average Bonchev–Trinajstić information content (AvgIpc) is 2.03. The number of hydrogen-bond acceptors (Lipinski definition) is 4. The van der Waals surface area contributed by atoms with Crippen LogP contribution in [-0.4, -0.2) is 21.0 Å². The van der Waals surface area contributed by atoms with Gasteiger partial charge in [-0.25, -0.2) is 9.97 Å². The first kappa shape index (κ1) is 8.61. The van der Waals surface area contributed by atoms with Crippen molar-refractivity contribution < 1.29 is 9.90 Å². The fraction of sp³-hybridized carbons (Fsp3) is 0.286. The molecule has 1 atom stereocenters. The molecule has 12 heavy (non-hydrogen) atoms. The van der Waals surface area contributed by atoms with Crippen LogP contribution < -0.4 is 5.73 Å². The van der Waals surface area contributed by atoms with Gasteiger partial charge in [-0.05, 0) is 13.0 Å². The minimum atomic E-state index is -1.09. The normalized spacial score (nSPS) is 12.5. The lowest BCUT2D eigenvalue weighted by Gasteiger charge is -2.04. The van der Waals surface area contributed by atoms with Crippen LogP contribution in [0, 0.1) is 6.92 Å². The lowest BCUT2D eigenvalue weighted by molar-refractivity contribution is -0.138. The van der Waals surface area contributed by atoms with Gasteiger partial charge in [0.15, 0.2) is 0 Å². The first-order chi connectivity index (χ1) is 5.61. The highest BCUT2D eigenvalue weighted by molar-refractivity contribution is 5.74. The Balaban J connectivity index is 2.95. The van der Waals surface area contributed by atoms with E-state index >= 15 is 0 Å². The molecule has 0 fully saturated rings. The summed E-state index contributed by atoms with van der Waals surface area (Å²) in [5.74, 6) is -0.572. The second-order valence-corrected chi connectivity index (χ2v) is 2.34. The highest BCUT2D eigenvalue weighted by Gasteiger charge is 2.15. The van der Waals surface area contributed by atoms with E-state index in [4.69, 9.17) is 10.8 Å². The largest absolute Gasteiger partial charge is 0.480 e. The summed E-state index contributed by atoms with van der Waals surface area (Å²) in [6.07, 6.45) is 1.49. The van der Waals surface area contributed by atoms with Crippen molar-refractivity contribution in [1.29, 1.82) is 0 Å². The van der Waals surface area contributed by atoms with Gasteiger partial charge in [-0.1, -0.05) is 0 Å². The number of aryl methyl sites for hydroxylation is 1. The number of carboxylic acid groups (broad SMARTS) is 1. The molecule has 1 rings (SSSR count). The fourth-order valence-corrected chi connectivity index (χ4v) is 0.774. The first-order valence-corrected chi connectivity index (χ1v) is 3.39. The Morgan fingerprint density at radius 2 is 2.42 bits per heavy atom. The molecule has 0 amide bonds. The van der Waals surface area contributed by atoms with E-state index in [-0.39, 0.29) is 0 Å². The van der Waals surface area contributed by atoms with Crippen molar-refractivity contribution in [1.82, 2.24) is 9.97 Å². The maximum atomic E-state index is 10.4. The highest BCUT2D eigenvalue weighted by atomic mass is 16.4. The first-order valence-electron chi connectivity index (χ1n) is 3.39. The molecule has 0 aliphatic rings. The molecule has 1 aromatic rings. The average molecular weight is 167 g/mol. The van der Waals surface area contributed by atoms with Gasteiger partial charge >= 0.3 is 5.97 Å². The van der Waals surface area contributed by atoms with Gasteiger partial charge in [0.2, 0.25) is 0 Å². The van der Waals surface area contributed by atoms with Crippen LogP contribution in [0.2, 0.25) is 0 Å². The van der Waals surface area contributed by atoms with Crippen LogP contribution in [0.3, 0.4) is 0 Å². The molecule has 1 aromatic heterocycles. The van der Waals surface area contributed by atoms with Crippen LogP contribution in [0.15, 0.2) is 12.3 Å². The monoisotopic (exact) mass is 167 g/mol. The molecule has 1 heterocycles. The van der Waals surface area contributed by atoms with Gasteiger partial charge in [-0.15, -0.1) is 0 Å². The summed E-state index contributed by atoms with van der Waals surface area (Å²) in [6, 6.07) is 0.429. The molecule has 0 radical (unpaired) electrons. The van der Waals surface area contributed by atoms with E-state index in [0.717, 1.165) is 0 Å². The number of nitrogens with two attached hydrogens (primary N) is 1. The zero-order valence-corrected chi connectivity index (χ0v) is 6.56. The molecule has 0 aliphatic heterocycles. The third kappa shape index (κ3) is 1.76. The minimum absolute atomic E-state index is 0.329. The van der Waals surface area contributed by atoms with Crippen LogP contribution in [0.1, 0.15) is 17.6 Å². The van der Waals surface area contributed by atoms with Crippen LogP contribution in [0.4, 0.5) is 0 Å². The summed E-state index contributed by atoms with van der Waals surface area (Å²) in [5.41, 5.74) is 5.65. The van der Waals surface area contributed by atoms with E-state index in [1.54, 1.807) is 6.92 Å². The van der Waals surface area contributed by atoms with Crippen molar-refractivity contribution in [2.45, 2.75) is 13.0 Å². The van der Waals surface area contributed by atoms with Gasteiger partial charge in [0, 0.05) is 6.20 Å². The van der Waals surface area contributed by atoms with E-state index in [0.29, 0.717) is 11.5 Å². The Kier molecular flexibility index (Phi) is 2.35. The number of carbonyl (C=O) groups is 1. The number of hydrogen-bond donors (Lipinski definition) is 2. The summed E-state index contributed by atoms with van der Waals surface area (Å²) in [5, 5.41) is 8.54. The third-order valence-electron chi connectivity index (χ3n) is 1.38. The quantitative estimate of drug-likeness (QED) is 0.640. The maximum absolute atomic E-state index is 10.4. The Morgan fingerprint density at radius 1 is 1.75 bits per heavy atom. The number of rotatable bonds is 2. The molecule has 0 bridgehead atoms. The van der Waals surface area contributed by atoms with Crippen LogP contribution in [0.5, 0.6) is 0 Å². The number of nitrogens with zero attached hydrogens (tertiary/aromatic N) is 2. The van der Waals surface area contributed by atoms with Gasteiger partial charge in [0.25, 0.3) is 0 Å². The molecule has 0 saturated carbocycles. The summed E-state index contributed by atoms with van der Waals surface area (Å²) in [6.45, 7) is 1.68. The van der Waals surface area contributed by atoms with Gasteiger partial charge in [-0.3, -0.25) is 4.79 Å². The van der Waals surface area contributed by atoms with E-state index in [2.05, 4.69) is 9.97 Å². The van der Waals surface area contributed by atoms with Crippen molar-refractivity contribution >= 4 is 5.97 Å². The van der Waals surface area contributed by atoms with Crippen molar-refractivity contribution in [3.8, 4) is 0 Å². The Bertz CT molecular complexity index is 300. The number of aromatic nitrogens is 2. The second kappa shape index (κ2) is 3.27. The van der Waals surface area contributed by atoms with Crippen LogP contribution >= 0.6 is 0 Å². The highest BCUT2D eigenvalue weighted by Crippen LogP contribution is 2.05. The molecule has 0 aromatic carbocycles. The van der Waals surface area contributed by atoms with E-state index in [1.807, 2.05) is 0 Å². The molecule has 0 aliphatic carbocycles. The molecular formula is C7H9N3O2. The molecular weight excluding hydrogens is 158 g/mol. The lowest BCUT2D eigenvalue weighted by atomic mass is 10.2. The molecule has 0 spiro atoms. The summed E-state index contributed by atoms with van der Waals surface area (Å²) in [7, 11) is 0. The Labute approximate surface area is 69.3 Å². The SMILES string of the molecule is Cc1nccc(C(N)C(=O)O)n1. The van der Waals surface area contributed by atoms with Gasteiger partial charge in [0.1, 0.15) is 11.9 Å². The van der Waals surface area contributed by atoms with Crippen LogP contribution in [0.25, 0.3) is 0 Å². The van der Waals surface area contributed by atoms with Crippen molar-refractivity contribution in [2.75, 3.05) is 0 Å². The molecule has 64 valence electrons. The summed E-state index contributed by atoms with van der Waals surface area (Å²) < 4.78 is 0. The zero-order valence-electron chi connectivity index (χ0n) is 6.56. The zero-order chi connectivity index (χ0) is 9.14. The standard InChI is InChI=1S/C7H9N3O2/c1-4-9-3-2-5(10-4)6(8)7(11)12/h2-3,6H,8H2,1H3,(H,11,12). The van der Waals surface area contributed by atoms with Gasteiger partial charge < -0.3 is 10.8 Å². The van der Waals surface area contributed by atoms with Crippen molar-refractivity contribution in [2.24, 2.45) is 5.73 Å². The predicted octanol–water partition coefficient (Wildman–Crippen LogP) is -0.131.